The standard InChI is InChI=1S/C15H15ClO2/c1-11-3-6-14(7-4-11)18-10-12-9-13(16)5-8-15(12)17-2/h3-9H,10H2,1-2H3. The minimum atomic E-state index is 0.437. The molecule has 0 heterocycles. The van der Waals surface area contributed by atoms with Crippen molar-refractivity contribution in [2.45, 2.75) is 13.5 Å². The Balaban J connectivity index is 2.09. The van der Waals surface area contributed by atoms with E-state index in [4.69, 9.17) is 21.1 Å². The van der Waals surface area contributed by atoms with Gasteiger partial charge in [-0.05, 0) is 37.3 Å². The van der Waals surface area contributed by atoms with E-state index >= 15 is 0 Å². The van der Waals surface area contributed by atoms with Gasteiger partial charge in [0.1, 0.15) is 18.1 Å². The summed E-state index contributed by atoms with van der Waals surface area (Å²) >= 11 is 5.97. The summed E-state index contributed by atoms with van der Waals surface area (Å²) in [4.78, 5) is 0. The van der Waals surface area contributed by atoms with Crippen LogP contribution in [0.4, 0.5) is 0 Å². The van der Waals surface area contributed by atoms with Gasteiger partial charge in [-0.15, -0.1) is 0 Å². The lowest BCUT2D eigenvalue weighted by Crippen LogP contribution is -1.98. The summed E-state index contributed by atoms with van der Waals surface area (Å²) in [6, 6.07) is 13.4. The van der Waals surface area contributed by atoms with Crippen LogP contribution in [0.1, 0.15) is 11.1 Å². The minimum Gasteiger partial charge on any atom is -0.496 e. The van der Waals surface area contributed by atoms with Gasteiger partial charge in [0.25, 0.3) is 0 Å². The summed E-state index contributed by atoms with van der Waals surface area (Å²) in [5, 5.41) is 0.679. The third-order valence-electron chi connectivity index (χ3n) is 2.66. The molecule has 2 nitrogen and oxygen atoms in total. The number of rotatable bonds is 4. The molecule has 0 fully saturated rings. The Morgan fingerprint density at radius 3 is 2.44 bits per heavy atom. The molecule has 0 aliphatic rings. The van der Waals surface area contributed by atoms with Crippen LogP contribution in [-0.4, -0.2) is 7.11 Å². The van der Waals surface area contributed by atoms with Crippen molar-refractivity contribution in [3.63, 3.8) is 0 Å². The Hall–Kier alpha value is -1.67. The molecule has 0 aliphatic heterocycles. The van der Waals surface area contributed by atoms with Crippen LogP contribution in [0.5, 0.6) is 11.5 Å². The smallest absolute Gasteiger partial charge is 0.125 e. The lowest BCUT2D eigenvalue weighted by molar-refractivity contribution is 0.296. The summed E-state index contributed by atoms with van der Waals surface area (Å²) < 4.78 is 11.0. The minimum absolute atomic E-state index is 0.437. The van der Waals surface area contributed by atoms with Crippen molar-refractivity contribution in [3.05, 3.63) is 58.6 Å². The highest BCUT2D eigenvalue weighted by molar-refractivity contribution is 6.30. The van der Waals surface area contributed by atoms with Crippen LogP contribution >= 0.6 is 11.6 Å². The van der Waals surface area contributed by atoms with Gasteiger partial charge in [0.15, 0.2) is 0 Å². The van der Waals surface area contributed by atoms with E-state index < -0.39 is 0 Å². The van der Waals surface area contributed by atoms with E-state index in [2.05, 4.69) is 0 Å². The van der Waals surface area contributed by atoms with Gasteiger partial charge in [0.05, 0.1) is 7.11 Å². The molecule has 0 bridgehead atoms. The molecule has 0 saturated carbocycles. The Morgan fingerprint density at radius 2 is 1.78 bits per heavy atom. The largest absolute Gasteiger partial charge is 0.496 e. The van der Waals surface area contributed by atoms with Gasteiger partial charge in [-0.2, -0.15) is 0 Å². The molecule has 2 aromatic rings. The molecule has 0 aromatic heterocycles. The Labute approximate surface area is 112 Å². The van der Waals surface area contributed by atoms with E-state index in [1.807, 2.05) is 43.3 Å². The number of ether oxygens (including phenoxy) is 2. The van der Waals surface area contributed by atoms with E-state index in [1.165, 1.54) is 5.56 Å². The summed E-state index contributed by atoms with van der Waals surface area (Å²) in [7, 11) is 1.64. The average molecular weight is 263 g/mol. The van der Waals surface area contributed by atoms with Crippen LogP contribution in [0.3, 0.4) is 0 Å². The molecule has 0 amide bonds. The third-order valence-corrected chi connectivity index (χ3v) is 2.89. The number of halogens is 1. The molecule has 2 aromatic carbocycles. The Kier molecular flexibility index (Phi) is 4.11. The topological polar surface area (TPSA) is 18.5 Å². The summed E-state index contributed by atoms with van der Waals surface area (Å²) in [6.07, 6.45) is 0. The molecule has 0 radical (unpaired) electrons. The summed E-state index contributed by atoms with van der Waals surface area (Å²) in [5.41, 5.74) is 2.15. The number of hydrogen-bond donors (Lipinski definition) is 0. The van der Waals surface area contributed by atoms with Gasteiger partial charge in [-0.3, -0.25) is 0 Å². The quantitative estimate of drug-likeness (QED) is 0.821. The summed E-state index contributed by atoms with van der Waals surface area (Å²) in [5.74, 6) is 1.62. The molecule has 0 unspecified atom stereocenters. The van der Waals surface area contributed by atoms with Gasteiger partial charge in [0, 0.05) is 10.6 Å². The first kappa shape index (κ1) is 12.8. The normalized spacial score (nSPS) is 10.2. The second-order valence-electron chi connectivity index (χ2n) is 4.06. The number of hydrogen-bond acceptors (Lipinski definition) is 2. The molecular formula is C15H15ClO2. The summed E-state index contributed by atoms with van der Waals surface area (Å²) in [6.45, 7) is 2.48. The van der Waals surface area contributed by atoms with Crippen LogP contribution in [0.25, 0.3) is 0 Å². The predicted molar refractivity (Wildman–Crippen MR) is 73.5 cm³/mol. The van der Waals surface area contributed by atoms with Gasteiger partial charge in [0.2, 0.25) is 0 Å². The van der Waals surface area contributed by atoms with Gasteiger partial charge >= 0.3 is 0 Å². The lowest BCUT2D eigenvalue weighted by Gasteiger charge is -2.10. The fraction of sp³-hybridized carbons (Fsp3) is 0.200. The first-order valence-electron chi connectivity index (χ1n) is 5.71. The Bertz CT molecular complexity index is 521. The average Bonchev–Trinajstić information content (AvgIpc) is 2.38. The third kappa shape index (κ3) is 3.17. The van der Waals surface area contributed by atoms with E-state index in [0.29, 0.717) is 11.6 Å². The maximum Gasteiger partial charge on any atom is 0.125 e. The van der Waals surface area contributed by atoms with E-state index in [9.17, 15) is 0 Å². The second kappa shape index (κ2) is 5.78. The highest BCUT2D eigenvalue weighted by Gasteiger charge is 2.04. The molecule has 0 N–H and O–H groups in total. The number of aryl methyl sites for hydroxylation is 1. The highest BCUT2D eigenvalue weighted by Crippen LogP contribution is 2.24. The van der Waals surface area contributed by atoms with E-state index in [-0.39, 0.29) is 0 Å². The second-order valence-corrected chi connectivity index (χ2v) is 4.49. The van der Waals surface area contributed by atoms with Crippen molar-refractivity contribution in [1.29, 1.82) is 0 Å². The monoisotopic (exact) mass is 262 g/mol. The van der Waals surface area contributed by atoms with E-state index in [0.717, 1.165) is 17.1 Å². The zero-order valence-corrected chi connectivity index (χ0v) is 11.2. The molecule has 0 saturated heterocycles. The van der Waals surface area contributed by atoms with Crippen molar-refractivity contribution in [1.82, 2.24) is 0 Å². The molecule has 0 atom stereocenters. The zero-order valence-electron chi connectivity index (χ0n) is 10.4. The first-order chi connectivity index (χ1) is 8.69. The maximum atomic E-state index is 5.97. The first-order valence-corrected chi connectivity index (χ1v) is 6.09. The Morgan fingerprint density at radius 1 is 1.06 bits per heavy atom. The molecular weight excluding hydrogens is 248 g/mol. The fourth-order valence-electron chi connectivity index (χ4n) is 1.66. The molecule has 2 rings (SSSR count). The van der Waals surface area contributed by atoms with Crippen LogP contribution in [0, 0.1) is 6.92 Å². The van der Waals surface area contributed by atoms with Gasteiger partial charge in [-0.1, -0.05) is 29.3 Å². The lowest BCUT2D eigenvalue weighted by atomic mass is 10.2. The number of methoxy groups -OCH3 is 1. The molecule has 0 spiro atoms. The predicted octanol–water partition coefficient (Wildman–Crippen LogP) is 4.24. The SMILES string of the molecule is COc1ccc(Cl)cc1COc1ccc(C)cc1. The van der Waals surface area contributed by atoms with Crippen LogP contribution in [-0.2, 0) is 6.61 Å². The van der Waals surface area contributed by atoms with Crippen LogP contribution < -0.4 is 9.47 Å². The van der Waals surface area contributed by atoms with Crippen molar-refractivity contribution in [2.24, 2.45) is 0 Å². The highest BCUT2D eigenvalue weighted by atomic mass is 35.5. The van der Waals surface area contributed by atoms with Crippen molar-refractivity contribution < 1.29 is 9.47 Å². The zero-order chi connectivity index (χ0) is 13.0. The van der Waals surface area contributed by atoms with Crippen molar-refractivity contribution >= 4 is 11.6 Å². The van der Waals surface area contributed by atoms with Crippen LogP contribution in [0.2, 0.25) is 5.02 Å². The molecule has 94 valence electrons. The number of benzene rings is 2. The van der Waals surface area contributed by atoms with Gasteiger partial charge < -0.3 is 9.47 Å². The molecule has 0 aliphatic carbocycles. The van der Waals surface area contributed by atoms with E-state index in [1.54, 1.807) is 13.2 Å². The van der Waals surface area contributed by atoms with Crippen molar-refractivity contribution in [2.75, 3.05) is 7.11 Å². The van der Waals surface area contributed by atoms with Crippen LogP contribution in [0.15, 0.2) is 42.5 Å². The van der Waals surface area contributed by atoms with Crippen molar-refractivity contribution in [3.8, 4) is 11.5 Å². The fourth-order valence-corrected chi connectivity index (χ4v) is 1.85. The molecule has 3 heteroatoms. The molecule has 18 heavy (non-hydrogen) atoms. The van der Waals surface area contributed by atoms with Gasteiger partial charge in [-0.25, -0.2) is 0 Å². The maximum absolute atomic E-state index is 5.97.